The molecule has 0 aromatic carbocycles. The maximum absolute atomic E-state index is 11.3. The number of anilines is 1. The lowest BCUT2D eigenvalue weighted by Gasteiger charge is -2.03. The van der Waals surface area contributed by atoms with Crippen LogP contribution in [0, 0.1) is 10.5 Å². The number of aryl methyl sites for hydroxylation is 1. The molecule has 0 amide bonds. The average Bonchev–Trinajstić information content (AvgIpc) is 2.67. The van der Waals surface area contributed by atoms with E-state index in [0.29, 0.717) is 21.8 Å². The van der Waals surface area contributed by atoms with E-state index >= 15 is 0 Å². The molecule has 0 aliphatic carbocycles. The van der Waals surface area contributed by atoms with Crippen molar-refractivity contribution in [2.24, 2.45) is 0 Å². The van der Waals surface area contributed by atoms with Gasteiger partial charge in [-0.3, -0.25) is 4.79 Å². The van der Waals surface area contributed by atoms with Crippen LogP contribution in [0.25, 0.3) is 0 Å². The largest absolute Gasteiger partial charge is 0.444 e. The SMILES string of the molecule is Cc1cnc(CNc2nc[nH]c(=O)c2I)o1. The van der Waals surface area contributed by atoms with Crippen molar-refractivity contribution in [3.63, 3.8) is 0 Å². The lowest BCUT2D eigenvalue weighted by atomic mass is 10.5. The highest BCUT2D eigenvalue weighted by Gasteiger charge is 2.06. The van der Waals surface area contributed by atoms with Gasteiger partial charge in [0.25, 0.3) is 5.56 Å². The molecule has 0 aliphatic rings. The van der Waals surface area contributed by atoms with Crippen molar-refractivity contribution < 1.29 is 4.42 Å². The Morgan fingerprint density at radius 1 is 1.56 bits per heavy atom. The Labute approximate surface area is 105 Å². The number of nitrogens with zero attached hydrogens (tertiary/aromatic N) is 2. The van der Waals surface area contributed by atoms with Crippen LogP contribution >= 0.6 is 22.6 Å². The third kappa shape index (κ3) is 2.40. The normalized spacial score (nSPS) is 10.4. The van der Waals surface area contributed by atoms with Crippen LogP contribution in [0.2, 0.25) is 0 Å². The third-order valence-electron chi connectivity index (χ3n) is 1.87. The lowest BCUT2D eigenvalue weighted by Crippen LogP contribution is -2.14. The summed E-state index contributed by atoms with van der Waals surface area (Å²) in [5.41, 5.74) is -0.165. The summed E-state index contributed by atoms with van der Waals surface area (Å²) < 4.78 is 5.80. The maximum atomic E-state index is 11.3. The summed E-state index contributed by atoms with van der Waals surface area (Å²) in [5.74, 6) is 1.85. The van der Waals surface area contributed by atoms with E-state index in [1.54, 1.807) is 6.20 Å². The van der Waals surface area contributed by atoms with Gasteiger partial charge in [-0.15, -0.1) is 0 Å². The Balaban J connectivity index is 2.10. The van der Waals surface area contributed by atoms with Gasteiger partial charge in [0.2, 0.25) is 5.89 Å². The molecule has 2 aromatic rings. The average molecular weight is 332 g/mol. The summed E-state index contributed by atoms with van der Waals surface area (Å²) in [4.78, 5) is 21.8. The van der Waals surface area contributed by atoms with Crippen LogP contribution in [0.1, 0.15) is 11.7 Å². The van der Waals surface area contributed by atoms with E-state index in [9.17, 15) is 4.79 Å². The Morgan fingerprint density at radius 3 is 3.06 bits per heavy atom. The molecule has 2 heterocycles. The number of hydrogen-bond donors (Lipinski definition) is 2. The first kappa shape index (κ1) is 11.1. The van der Waals surface area contributed by atoms with Crippen LogP contribution in [-0.4, -0.2) is 15.0 Å². The smallest absolute Gasteiger partial charge is 0.266 e. The van der Waals surface area contributed by atoms with Crippen LogP contribution < -0.4 is 10.9 Å². The monoisotopic (exact) mass is 332 g/mol. The van der Waals surface area contributed by atoms with Gasteiger partial charge in [-0.25, -0.2) is 9.97 Å². The molecule has 0 saturated heterocycles. The molecule has 7 heteroatoms. The summed E-state index contributed by atoms with van der Waals surface area (Å²) in [5, 5.41) is 2.99. The zero-order valence-corrected chi connectivity index (χ0v) is 10.6. The minimum Gasteiger partial charge on any atom is -0.444 e. The standard InChI is InChI=1S/C9H9IN4O2/c1-5-2-11-6(16-5)3-12-8-7(10)9(15)14-4-13-8/h2,4H,3H2,1H3,(H2,12,13,14,15). The second-order valence-corrected chi connectivity index (χ2v) is 4.19. The molecule has 0 unspecified atom stereocenters. The number of aromatic nitrogens is 3. The number of nitrogens with one attached hydrogen (secondary N) is 2. The van der Waals surface area contributed by atoms with Crippen LogP contribution in [0.4, 0.5) is 5.82 Å². The lowest BCUT2D eigenvalue weighted by molar-refractivity contribution is 0.478. The van der Waals surface area contributed by atoms with Gasteiger partial charge in [0, 0.05) is 0 Å². The molecular formula is C9H9IN4O2. The third-order valence-corrected chi connectivity index (χ3v) is 2.87. The van der Waals surface area contributed by atoms with Gasteiger partial charge in [0.15, 0.2) is 0 Å². The minimum absolute atomic E-state index is 0.165. The molecule has 2 aromatic heterocycles. The zero-order valence-electron chi connectivity index (χ0n) is 8.45. The highest BCUT2D eigenvalue weighted by Crippen LogP contribution is 2.10. The number of rotatable bonds is 3. The van der Waals surface area contributed by atoms with Crippen molar-refractivity contribution >= 4 is 28.4 Å². The summed E-state index contributed by atoms with van der Waals surface area (Å²) in [6.45, 7) is 2.23. The van der Waals surface area contributed by atoms with Gasteiger partial charge in [-0.1, -0.05) is 0 Å². The van der Waals surface area contributed by atoms with Gasteiger partial charge in [-0.2, -0.15) is 0 Å². The van der Waals surface area contributed by atoms with Gasteiger partial charge in [0.05, 0.1) is 19.1 Å². The molecular weight excluding hydrogens is 323 g/mol. The molecule has 2 rings (SSSR count). The summed E-state index contributed by atoms with van der Waals surface area (Å²) in [6.07, 6.45) is 3.00. The molecule has 84 valence electrons. The molecule has 0 fully saturated rings. The number of H-pyrrole nitrogens is 1. The summed E-state index contributed by atoms with van der Waals surface area (Å²) in [7, 11) is 0. The molecule has 0 aliphatic heterocycles. The van der Waals surface area contributed by atoms with Crippen LogP contribution in [-0.2, 0) is 6.54 Å². The first-order chi connectivity index (χ1) is 7.66. The predicted octanol–water partition coefficient (Wildman–Crippen LogP) is 1.28. The van der Waals surface area contributed by atoms with Crippen molar-refractivity contribution in [2.45, 2.75) is 13.5 Å². The number of oxazole rings is 1. The molecule has 16 heavy (non-hydrogen) atoms. The van der Waals surface area contributed by atoms with E-state index in [1.165, 1.54) is 6.33 Å². The van der Waals surface area contributed by atoms with E-state index in [1.807, 2.05) is 29.5 Å². The molecule has 0 saturated carbocycles. The highest BCUT2D eigenvalue weighted by atomic mass is 127. The highest BCUT2D eigenvalue weighted by molar-refractivity contribution is 14.1. The molecule has 0 spiro atoms. The van der Waals surface area contributed by atoms with E-state index in [-0.39, 0.29) is 5.56 Å². The Kier molecular flexibility index (Phi) is 3.22. The molecule has 6 nitrogen and oxygen atoms in total. The van der Waals surface area contributed by atoms with Gasteiger partial charge in [-0.05, 0) is 29.5 Å². The Morgan fingerprint density at radius 2 is 2.38 bits per heavy atom. The number of hydrogen-bond acceptors (Lipinski definition) is 5. The van der Waals surface area contributed by atoms with Gasteiger partial charge < -0.3 is 14.7 Å². The number of aromatic amines is 1. The quantitative estimate of drug-likeness (QED) is 0.828. The van der Waals surface area contributed by atoms with Crippen molar-refractivity contribution in [1.29, 1.82) is 0 Å². The second-order valence-electron chi connectivity index (χ2n) is 3.11. The fourth-order valence-electron chi connectivity index (χ4n) is 1.15. The van der Waals surface area contributed by atoms with Crippen LogP contribution in [0.5, 0.6) is 0 Å². The zero-order chi connectivity index (χ0) is 11.5. The van der Waals surface area contributed by atoms with E-state index < -0.39 is 0 Å². The van der Waals surface area contributed by atoms with E-state index in [2.05, 4.69) is 20.3 Å². The van der Waals surface area contributed by atoms with Gasteiger partial charge >= 0.3 is 0 Å². The summed E-state index contributed by atoms with van der Waals surface area (Å²) in [6, 6.07) is 0. The molecule has 0 radical (unpaired) electrons. The maximum Gasteiger partial charge on any atom is 0.266 e. The molecule has 0 bridgehead atoms. The fraction of sp³-hybridized carbons (Fsp3) is 0.222. The van der Waals surface area contributed by atoms with Crippen molar-refractivity contribution in [3.05, 3.63) is 38.1 Å². The first-order valence-electron chi connectivity index (χ1n) is 4.55. The molecule has 2 N–H and O–H groups in total. The van der Waals surface area contributed by atoms with Crippen molar-refractivity contribution in [2.75, 3.05) is 5.32 Å². The Hall–Kier alpha value is -1.38. The topological polar surface area (TPSA) is 83.8 Å². The number of halogens is 1. The molecule has 0 atom stereocenters. The predicted molar refractivity (Wildman–Crippen MR) is 66.1 cm³/mol. The van der Waals surface area contributed by atoms with Crippen LogP contribution in [0.3, 0.4) is 0 Å². The minimum atomic E-state index is -0.165. The second kappa shape index (κ2) is 4.64. The van der Waals surface area contributed by atoms with Crippen molar-refractivity contribution in [3.8, 4) is 0 Å². The van der Waals surface area contributed by atoms with Gasteiger partial charge in [0.1, 0.15) is 15.1 Å². The van der Waals surface area contributed by atoms with E-state index in [4.69, 9.17) is 4.42 Å². The van der Waals surface area contributed by atoms with E-state index in [0.717, 1.165) is 5.76 Å². The Bertz CT molecular complexity index is 548. The first-order valence-corrected chi connectivity index (χ1v) is 5.63. The fourth-order valence-corrected chi connectivity index (χ4v) is 1.63. The van der Waals surface area contributed by atoms with Crippen LogP contribution in [0.15, 0.2) is 21.7 Å². The summed E-state index contributed by atoms with van der Waals surface area (Å²) >= 11 is 1.93. The van der Waals surface area contributed by atoms with Crippen molar-refractivity contribution in [1.82, 2.24) is 15.0 Å².